The van der Waals surface area contributed by atoms with Gasteiger partial charge < -0.3 is 9.84 Å². The highest BCUT2D eigenvalue weighted by Gasteiger charge is 2.56. The molecule has 0 bridgehead atoms. The molecule has 0 aromatic rings. The Labute approximate surface area is 117 Å². The van der Waals surface area contributed by atoms with Crippen LogP contribution in [0.5, 0.6) is 0 Å². The first kappa shape index (κ1) is 16.5. The van der Waals surface area contributed by atoms with E-state index in [4.69, 9.17) is 4.74 Å². The van der Waals surface area contributed by atoms with Crippen molar-refractivity contribution in [3.8, 4) is 0 Å². The smallest absolute Gasteiger partial charge is 0.314 e. The fraction of sp³-hybridized carbons (Fsp3) is 0.938. The maximum atomic E-state index is 12.0. The molecule has 0 heterocycles. The Balaban J connectivity index is 2.21. The van der Waals surface area contributed by atoms with Crippen LogP contribution >= 0.6 is 0 Å². The molecule has 112 valence electrons. The standard InChI is InChI=1S/C16H30O3/c1-4-5-6-7-8-9-10-14(17)16(11-12-16)15(18)19-13(2)3/h13-14,17H,4-12H2,1-3H3. The predicted octanol–water partition coefficient (Wildman–Crippen LogP) is 3.83. The molecule has 0 saturated heterocycles. The van der Waals surface area contributed by atoms with Crippen LogP contribution in [0.15, 0.2) is 0 Å². The van der Waals surface area contributed by atoms with Gasteiger partial charge in [-0.3, -0.25) is 4.79 Å². The van der Waals surface area contributed by atoms with Crippen molar-refractivity contribution in [1.82, 2.24) is 0 Å². The number of hydrogen-bond donors (Lipinski definition) is 1. The van der Waals surface area contributed by atoms with Gasteiger partial charge in [-0.1, -0.05) is 45.4 Å². The third-order valence-electron chi connectivity index (χ3n) is 4.01. The summed E-state index contributed by atoms with van der Waals surface area (Å²) in [6, 6.07) is 0. The van der Waals surface area contributed by atoms with Crippen LogP contribution in [-0.2, 0) is 9.53 Å². The Hall–Kier alpha value is -0.570. The number of unbranched alkanes of at least 4 members (excludes halogenated alkanes) is 5. The number of rotatable bonds is 10. The van der Waals surface area contributed by atoms with E-state index in [0.29, 0.717) is 0 Å². The maximum absolute atomic E-state index is 12.0. The molecule has 0 aromatic carbocycles. The second-order valence-electron chi connectivity index (χ2n) is 6.18. The molecule has 0 spiro atoms. The van der Waals surface area contributed by atoms with Crippen LogP contribution in [0.2, 0.25) is 0 Å². The lowest BCUT2D eigenvalue weighted by atomic mass is 9.94. The Morgan fingerprint density at radius 2 is 1.74 bits per heavy atom. The number of aliphatic hydroxyl groups is 1. The van der Waals surface area contributed by atoms with Crippen LogP contribution in [0.4, 0.5) is 0 Å². The summed E-state index contributed by atoms with van der Waals surface area (Å²) in [6.07, 6.45) is 8.96. The van der Waals surface area contributed by atoms with E-state index in [2.05, 4.69) is 6.92 Å². The van der Waals surface area contributed by atoms with E-state index in [9.17, 15) is 9.90 Å². The topological polar surface area (TPSA) is 46.5 Å². The van der Waals surface area contributed by atoms with Crippen molar-refractivity contribution in [2.24, 2.45) is 5.41 Å². The van der Waals surface area contributed by atoms with Crippen molar-refractivity contribution in [1.29, 1.82) is 0 Å². The van der Waals surface area contributed by atoms with E-state index in [0.717, 1.165) is 32.1 Å². The van der Waals surface area contributed by atoms with Gasteiger partial charge in [0.2, 0.25) is 0 Å². The van der Waals surface area contributed by atoms with E-state index in [-0.39, 0.29) is 12.1 Å². The Bertz CT molecular complexity index is 269. The number of aliphatic hydroxyl groups excluding tert-OH is 1. The first-order chi connectivity index (χ1) is 9.03. The van der Waals surface area contributed by atoms with Crippen molar-refractivity contribution in [2.45, 2.75) is 90.8 Å². The summed E-state index contributed by atoms with van der Waals surface area (Å²) in [5, 5.41) is 10.2. The SMILES string of the molecule is CCCCCCCCC(O)C1(C(=O)OC(C)C)CC1. The Morgan fingerprint density at radius 1 is 1.16 bits per heavy atom. The monoisotopic (exact) mass is 270 g/mol. The molecule has 0 aliphatic heterocycles. The third-order valence-corrected chi connectivity index (χ3v) is 4.01. The summed E-state index contributed by atoms with van der Waals surface area (Å²) in [7, 11) is 0. The van der Waals surface area contributed by atoms with Crippen LogP contribution in [0.25, 0.3) is 0 Å². The zero-order chi connectivity index (χ0) is 14.3. The van der Waals surface area contributed by atoms with E-state index in [1.165, 1.54) is 25.7 Å². The molecule has 19 heavy (non-hydrogen) atoms. The van der Waals surface area contributed by atoms with E-state index >= 15 is 0 Å². The van der Waals surface area contributed by atoms with E-state index in [1.807, 2.05) is 13.8 Å². The molecule has 1 rings (SSSR count). The van der Waals surface area contributed by atoms with Crippen LogP contribution in [0.1, 0.15) is 78.6 Å². The first-order valence-electron chi connectivity index (χ1n) is 7.92. The van der Waals surface area contributed by atoms with Gasteiger partial charge in [-0.05, 0) is 33.1 Å². The van der Waals surface area contributed by atoms with Crippen LogP contribution in [-0.4, -0.2) is 23.3 Å². The largest absolute Gasteiger partial charge is 0.462 e. The van der Waals surface area contributed by atoms with Gasteiger partial charge in [-0.2, -0.15) is 0 Å². The number of ether oxygens (including phenoxy) is 1. The van der Waals surface area contributed by atoms with Gasteiger partial charge in [-0.25, -0.2) is 0 Å². The van der Waals surface area contributed by atoms with Gasteiger partial charge in [0, 0.05) is 0 Å². The zero-order valence-electron chi connectivity index (χ0n) is 12.8. The number of carbonyl (C=O) groups is 1. The summed E-state index contributed by atoms with van der Waals surface area (Å²) in [6.45, 7) is 5.92. The van der Waals surface area contributed by atoms with Gasteiger partial charge in [0.25, 0.3) is 0 Å². The number of esters is 1. The molecule has 1 aliphatic rings. The maximum Gasteiger partial charge on any atom is 0.314 e. The minimum absolute atomic E-state index is 0.0915. The molecule has 0 radical (unpaired) electrons. The molecule has 0 aromatic heterocycles. The minimum Gasteiger partial charge on any atom is -0.462 e. The molecule has 1 fully saturated rings. The fourth-order valence-electron chi connectivity index (χ4n) is 2.53. The van der Waals surface area contributed by atoms with Crippen molar-refractivity contribution in [3.63, 3.8) is 0 Å². The average Bonchev–Trinajstić information content (AvgIpc) is 3.14. The molecule has 1 aliphatic carbocycles. The highest BCUT2D eigenvalue weighted by Crippen LogP contribution is 2.51. The van der Waals surface area contributed by atoms with Crippen molar-refractivity contribution >= 4 is 5.97 Å². The van der Waals surface area contributed by atoms with Gasteiger partial charge in [0.05, 0.1) is 17.6 Å². The summed E-state index contributed by atoms with van der Waals surface area (Å²) < 4.78 is 5.26. The third kappa shape index (κ3) is 5.13. The molecule has 1 unspecified atom stereocenters. The summed E-state index contributed by atoms with van der Waals surface area (Å²) in [5.41, 5.74) is -0.562. The van der Waals surface area contributed by atoms with Crippen molar-refractivity contribution < 1.29 is 14.6 Å². The second-order valence-corrected chi connectivity index (χ2v) is 6.18. The lowest BCUT2D eigenvalue weighted by Crippen LogP contribution is -2.33. The molecule has 1 N–H and O–H groups in total. The van der Waals surface area contributed by atoms with Gasteiger partial charge in [0.1, 0.15) is 0 Å². The van der Waals surface area contributed by atoms with Crippen LogP contribution < -0.4 is 0 Å². The first-order valence-corrected chi connectivity index (χ1v) is 7.92. The van der Waals surface area contributed by atoms with Crippen molar-refractivity contribution in [2.75, 3.05) is 0 Å². The zero-order valence-corrected chi connectivity index (χ0v) is 12.8. The predicted molar refractivity (Wildman–Crippen MR) is 76.9 cm³/mol. The summed E-state index contributed by atoms with van der Waals surface area (Å²) in [4.78, 5) is 12.0. The number of hydrogen-bond acceptors (Lipinski definition) is 3. The highest BCUT2D eigenvalue weighted by molar-refractivity contribution is 5.80. The molecular formula is C16H30O3. The minimum atomic E-state index is -0.562. The Morgan fingerprint density at radius 3 is 2.26 bits per heavy atom. The van der Waals surface area contributed by atoms with Gasteiger partial charge >= 0.3 is 5.97 Å². The van der Waals surface area contributed by atoms with Crippen LogP contribution in [0, 0.1) is 5.41 Å². The lowest BCUT2D eigenvalue weighted by Gasteiger charge is -2.22. The van der Waals surface area contributed by atoms with E-state index in [1.54, 1.807) is 0 Å². The molecule has 3 heteroatoms. The van der Waals surface area contributed by atoms with Crippen LogP contribution in [0.3, 0.4) is 0 Å². The normalized spacial score (nSPS) is 18.4. The van der Waals surface area contributed by atoms with Crippen molar-refractivity contribution in [3.05, 3.63) is 0 Å². The average molecular weight is 270 g/mol. The molecule has 3 nitrogen and oxygen atoms in total. The molecule has 0 amide bonds. The lowest BCUT2D eigenvalue weighted by molar-refractivity contribution is -0.159. The molecule has 1 saturated carbocycles. The van der Waals surface area contributed by atoms with Gasteiger partial charge in [0.15, 0.2) is 0 Å². The van der Waals surface area contributed by atoms with E-state index < -0.39 is 11.5 Å². The molecule has 1 atom stereocenters. The fourth-order valence-corrected chi connectivity index (χ4v) is 2.53. The quantitative estimate of drug-likeness (QED) is 0.485. The Kier molecular flexibility index (Phi) is 6.84. The second kappa shape index (κ2) is 7.88. The highest BCUT2D eigenvalue weighted by atomic mass is 16.5. The summed E-state index contributed by atoms with van der Waals surface area (Å²) in [5.74, 6) is -0.194. The molecular weight excluding hydrogens is 240 g/mol. The van der Waals surface area contributed by atoms with Gasteiger partial charge in [-0.15, -0.1) is 0 Å². The summed E-state index contributed by atoms with van der Waals surface area (Å²) >= 11 is 0. The number of carbonyl (C=O) groups excluding carboxylic acids is 1.